The van der Waals surface area contributed by atoms with Crippen LogP contribution in [-0.2, 0) is 23.2 Å². The van der Waals surface area contributed by atoms with E-state index in [1.807, 2.05) is 42.5 Å². The Bertz CT molecular complexity index is 762. The summed E-state index contributed by atoms with van der Waals surface area (Å²) < 4.78 is 12.2. The summed E-state index contributed by atoms with van der Waals surface area (Å²) in [5, 5.41) is 0. The Morgan fingerprint density at radius 3 is 2.68 bits per heavy atom. The molecule has 0 aromatic heterocycles. The number of aldehydes is 1. The summed E-state index contributed by atoms with van der Waals surface area (Å²) in [7, 11) is 0. The fourth-order valence-corrected chi connectivity index (χ4v) is 3.29. The molecule has 0 amide bonds. The highest BCUT2D eigenvalue weighted by molar-refractivity contribution is 5.57. The lowest BCUT2D eigenvalue weighted by Crippen LogP contribution is -2.32. The SMILES string of the molecule is C=CCc1cc2c(cc1OCc1ccccc1)C(C)(C)C(CC=O)O2. The van der Waals surface area contributed by atoms with E-state index >= 15 is 0 Å². The number of ether oxygens (including phenoxy) is 2. The van der Waals surface area contributed by atoms with Crippen molar-refractivity contribution >= 4 is 6.29 Å². The van der Waals surface area contributed by atoms with Crippen LogP contribution in [0.2, 0.25) is 0 Å². The molecule has 2 aromatic rings. The monoisotopic (exact) mass is 336 g/mol. The Balaban J connectivity index is 1.92. The fourth-order valence-electron chi connectivity index (χ4n) is 3.29. The minimum absolute atomic E-state index is 0.138. The molecular weight excluding hydrogens is 312 g/mol. The van der Waals surface area contributed by atoms with Gasteiger partial charge in [0.2, 0.25) is 0 Å². The van der Waals surface area contributed by atoms with Crippen molar-refractivity contribution in [3.05, 3.63) is 71.8 Å². The van der Waals surface area contributed by atoms with Gasteiger partial charge in [0.05, 0.1) is 0 Å². The summed E-state index contributed by atoms with van der Waals surface area (Å²) in [5.74, 6) is 1.70. The molecule has 1 aliphatic heterocycles. The molecule has 0 fully saturated rings. The van der Waals surface area contributed by atoms with Crippen molar-refractivity contribution in [2.45, 2.75) is 44.8 Å². The van der Waals surface area contributed by atoms with Crippen LogP contribution >= 0.6 is 0 Å². The van der Waals surface area contributed by atoms with Crippen LogP contribution in [0.3, 0.4) is 0 Å². The molecule has 3 rings (SSSR count). The summed E-state index contributed by atoms with van der Waals surface area (Å²) in [6.45, 7) is 8.58. The van der Waals surface area contributed by atoms with Gasteiger partial charge in [-0.1, -0.05) is 50.3 Å². The van der Waals surface area contributed by atoms with Crippen LogP contribution < -0.4 is 9.47 Å². The molecule has 0 radical (unpaired) electrons. The van der Waals surface area contributed by atoms with Crippen LogP contribution in [-0.4, -0.2) is 12.4 Å². The molecule has 1 atom stereocenters. The molecule has 3 nitrogen and oxygen atoms in total. The molecule has 0 bridgehead atoms. The quantitative estimate of drug-likeness (QED) is 0.546. The first-order chi connectivity index (χ1) is 12.1. The van der Waals surface area contributed by atoms with E-state index < -0.39 is 0 Å². The van der Waals surface area contributed by atoms with E-state index in [9.17, 15) is 4.79 Å². The first-order valence-corrected chi connectivity index (χ1v) is 8.61. The number of hydrogen-bond acceptors (Lipinski definition) is 3. The molecule has 3 heteroatoms. The lowest BCUT2D eigenvalue weighted by atomic mass is 9.79. The third-order valence-corrected chi connectivity index (χ3v) is 4.84. The first-order valence-electron chi connectivity index (χ1n) is 8.61. The second-order valence-electron chi connectivity index (χ2n) is 6.95. The number of rotatable bonds is 7. The molecule has 1 aliphatic rings. The van der Waals surface area contributed by atoms with E-state index in [4.69, 9.17) is 9.47 Å². The minimum Gasteiger partial charge on any atom is -0.489 e. The zero-order valence-corrected chi connectivity index (χ0v) is 14.8. The van der Waals surface area contributed by atoms with E-state index in [1.54, 1.807) is 0 Å². The molecule has 2 aromatic carbocycles. The molecular formula is C22H24O3. The number of hydrogen-bond donors (Lipinski definition) is 0. The van der Waals surface area contributed by atoms with Crippen molar-refractivity contribution in [3.63, 3.8) is 0 Å². The summed E-state index contributed by atoms with van der Waals surface area (Å²) in [5.41, 5.74) is 3.04. The molecule has 0 saturated heterocycles. The predicted octanol–water partition coefficient (Wildman–Crippen LogP) is 4.62. The smallest absolute Gasteiger partial charge is 0.124 e. The topological polar surface area (TPSA) is 35.5 Å². The average molecular weight is 336 g/mol. The van der Waals surface area contributed by atoms with E-state index in [0.717, 1.165) is 34.5 Å². The minimum atomic E-state index is -0.228. The summed E-state index contributed by atoms with van der Waals surface area (Å²) in [4.78, 5) is 11.0. The van der Waals surface area contributed by atoms with Crippen LogP contribution in [0, 0.1) is 0 Å². The maximum atomic E-state index is 11.0. The zero-order valence-electron chi connectivity index (χ0n) is 14.8. The average Bonchev–Trinajstić information content (AvgIpc) is 2.84. The highest BCUT2D eigenvalue weighted by Gasteiger charge is 2.41. The summed E-state index contributed by atoms with van der Waals surface area (Å²) in [6.07, 6.45) is 3.75. The van der Waals surface area contributed by atoms with E-state index in [1.165, 1.54) is 0 Å². The van der Waals surface area contributed by atoms with Crippen LogP contribution in [0.4, 0.5) is 0 Å². The van der Waals surface area contributed by atoms with Crippen molar-refractivity contribution in [1.82, 2.24) is 0 Å². The van der Waals surface area contributed by atoms with Crippen molar-refractivity contribution in [3.8, 4) is 11.5 Å². The number of carbonyl (C=O) groups excluding carboxylic acids is 1. The number of benzene rings is 2. The van der Waals surface area contributed by atoms with Crippen LogP contribution in [0.25, 0.3) is 0 Å². The number of fused-ring (bicyclic) bond motifs is 1. The van der Waals surface area contributed by atoms with Gasteiger partial charge in [-0.2, -0.15) is 0 Å². The maximum Gasteiger partial charge on any atom is 0.124 e. The van der Waals surface area contributed by atoms with Gasteiger partial charge in [-0.05, 0) is 24.1 Å². The fraction of sp³-hybridized carbons (Fsp3) is 0.318. The van der Waals surface area contributed by atoms with Crippen molar-refractivity contribution in [2.75, 3.05) is 0 Å². The Hall–Kier alpha value is -2.55. The van der Waals surface area contributed by atoms with Gasteiger partial charge < -0.3 is 14.3 Å². The highest BCUT2D eigenvalue weighted by Crippen LogP contribution is 2.46. The molecule has 0 spiro atoms. The van der Waals surface area contributed by atoms with Gasteiger partial charge in [0, 0.05) is 23.0 Å². The Labute approximate surface area is 149 Å². The molecule has 0 N–H and O–H groups in total. The third kappa shape index (κ3) is 3.46. The second-order valence-corrected chi connectivity index (χ2v) is 6.95. The predicted molar refractivity (Wildman–Crippen MR) is 99.2 cm³/mol. The van der Waals surface area contributed by atoms with Crippen LogP contribution in [0.15, 0.2) is 55.1 Å². The van der Waals surface area contributed by atoms with E-state index in [-0.39, 0.29) is 11.5 Å². The summed E-state index contributed by atoms with van der Waals surface area (Å²) in [6, 6.07) is 14.2. The van der Waals surface area contributed by atoms with Gasteiger partial charge in [-0.15, -0.1) is 6.58 Å². The van der Waals surface area contributed by atoms with Gasteiger partial charge in [0.25, 0.3) is 0 Å². The van der Waals surface area contributed by atoms with Gasteiger partial charge in [-0.3, -0.25) is 0 Å². The van der Waals surface area contributed by atoms with Gasteiger partial charge in [0.15, 0.2) is 0 Å². The standard InChI is InChI=1S/C22H24O3/c1-4-8-17-13-20-18(22(2,3)21(25-20)11-12-23)14-19(17)24-15-16-9-6-5-7-10-16/h4-7,9-10,12-14,21H,1,8,11,15H2,2-3H3. The molecule has 130 valence electrons. The molecule has 0 aliphatic carbocycles. The third-order valence-electron chi connectivity index (χ3n) is 4.84. The van der Waals surface area contributed by atoms with Crippen LogP contribution in [0.1, 0.15) is 37.0 Å². The summed E-state index contributed by atoms with van der Waals surface area (Å²) >= 11 is 0. The van der Waals surface area contributed by atoms with E-state index in [2.05, 4.69) is 26.5 Å². The largest absolute Gasteiger partial charge is 0.489 e. The van der Waals surface area contributed by atoms with Gasteiger partial charge >= 0.3 is 0 Å². The second kappa shape index (κ2) is 7.14. The van der Waals surface area contributed by atoms with Crippen molar-refractivity contribution in [1.29, 1.82) is 0 Å². The zero-order chi connectivity index (χ0) is 17.9. The molecule has 1 heterocycles. The molecule has 25 heavy (non-hydrogen) atoms. The van der Waals surface area contributed by atoms with Crippen molar-refractivity contribution < 1.29 is 14.3 Å². The van der Waals surface area contributed by atoms with Gasteiger partial charge in [-0.25, -0.2) is 0 Å². The van der Waals surface area contributed by atoms with E-state index in [0.29, 0.717) is 19.4 Å². The highest BCUT2D eigenvalue weighted by atomic mass is 16.5. The lowest BCUT2D eigenvalue weighted by Gasteiger charge is -2.24. The molecule has 0 saturated carbocycles. The Morgan fingerprint density at radius 2 is 2.00 bits per heavy atom. The number of carbonyl (C=O) groups is 1. The number of allylic oxidation sites excluding steroid dienone is 1. The molecule has 1 unspecified atom stereocenters. The lowest BCUT2D eigenvalue weighted by molar-refractivity contribution is -0.109. The van der Waals surface area contributed by atoms with Crippen LogP contribution in [0.5, 0.6) is 11.5 Å². The van der Waals surface area contributed by atoms with Crippen molar-refractivity contribution in [2.24, 2.45) is 0 Å². The Morgan fingerprint density at radius 1 is 1.24 bits per heavy atom. The maximum absolute atomic E-state index is 11.0. The first kappa shape index (κ1) is 17.3. The normalized spacial score (nSPS) is 17.4. The van der Waals surface area contributed by atoms with Gasteiger partial charge in [0.1, 0.15) is 30.5 Å². The Kier molecular flexibility index (Phi) is 4.93.